The van der Waals surface area contributed by atoms with E-state index in [1.165, 1.54) is 0 Å². The molecule has 2 aliphatic rings. The Morgan fingerprint density at radius 2 is 2.03 bits per heavy atom. The van der Waals surface area contributed by atoms with Crippen molar-refractivity contribution < 1.29 is 32.7 Å². The summed E-state index contributed by atoms with van der Waals surface area (Å²) in [4.78, 5) is 45.8. The largest absolute Gasteiger partial charge is 0.490 e. The van der Waals surface area contributed by atoms with Gasteiger partial charge in [-0.1, -0.05) is 0 Å². The number of nitrogens with one attached hydrogen (secondary N) is 1. The van der Waals surface area contributed by atoms with Gasteiger partial charge in [0.25, 0.3) is 5.91 Å². The molecule has 0 saturated carbocycles. The van der Waals surface area contributed by atoms with Crippen LogP contribution in [0.5, 0.6) is 0 Å². The molecule has 174 valence electrons. The van der Waals surface area contributed by atoms with Gasteiger partial charge in [0.05, 0.1) is 22.7 Å². The fraction of sp³-hybridized carbons (Fsp3) is 0.500. The highest BCUT2D eigenvalue weighted by Gasteiger charge is 2.49. The summed E-state index contributed by atoms with van der Waals surface area (Å²) in [6.07, 6.45) is -0.760. The second-order valence-electron chi connectivity index (χ2n) is 7.83. The summed E-state index contributed by atoms with van der Waals surface area (Å²) in [5, 5.41) is 10.2. The summed E-state index contributed by atoms with van der Waals surface area (Å²) in [7, 11) is 0. The molecule has 12 heteroatoms. The number of aromatic nitrogens is 2. The average Bonchev–Trinajstić information content (AvgIpc) is 3.47. The molecule has 4 heterocycles. The number of aryl methyl sites for hydroxylation is 1. The smallest absolute Gasteiger partial charge is 0.475 e. The number of hydrogen-bond acceptors (Lipinski definition) is 5. The molecule has 32 heavy (non-hydrogen) atoms. The molecule has 4 rings (SSSR count). The standard InChI is InChI=1S/C18H22N4O2S.C2HF3O2/c1-13-20-14(11-25-13)10-21-9-6-18(17(21)24)5-3-8-22(12-18)16(23)15-4-2-7-19-15;3-2(4,5)1(6)7/h2,4,7,11,19H,3,5-6,8-10,12H2,1H3;(H,6,7). The molecule has 1 atom stereocenters. The first-order chi connectivity index (χ1) is 15.0. The Labute approximate surface area is 186 Å². The highest BCUT2D eigenvalue weighted by Crippen LogP contribution is 2.41. The van der Waals surface area contributed by atoms with Gasteiger partial charge in [0.2, 0.25) is 5.91 Å². The Bertz CT molecular complexity index is 976. The van der Waals surface area contributed by atoms with E-state index in [1.54, 1.807) is 23.6 Å². The number of amides is 2. The van der Waals surface area contributed by atoms with Gasteiger partial charge in [-0.3, -0.25) is 9.59 Å². The quantitative estimate of drug-likeness (QED) is 0.714. The number of carboxylic acids is 1. The van der Waals surface area contributed by atoms with Gasteiger partial charge in [-0.25, -0.2) is 9.78 Å². The first-order valence-corrected chi connectivity index (χ1v) is 10.8. The number of aliphatic carboxylic acids is 1. The first-order valence-electron chi connectivity index (χ1n) is 9.95. The molecule has 2 aromatic heterocycles. The highest BCUT2D eigenvalue weighted by molar-refractivity contribution is 7.09. The van der Waals surface area contributed by atoms with Crippen LogP contribution in [0.4, 0.5) is 13.2 Å². The molecular weight excluding hydrogens is 449 g/mol. The average molecular weight is 472 g/mol. The number of carbonyl (C=O) groups excluding carboxylic acids is 2. The van der Waals surface area contributed by atoms with Crippen molar-refractivity contribution in [2.45, 2.75) is 38.9 Å². The molecule has 1 unspecified atom stereocenters. The van der Waals surface area contributed by atoms with E-state index in [0.717, 1.165) is 43.1 Å². The van der Waals surface area contributed by atoms with Gasteiger partial charge < -0.3 is 19.9 Å². The number of thiazole rings is 1. The maximum Gasteiger partial charge on any atom is 0.490 e. The van der Waals surface area contributed by atoms with Gasteiger partial charge in [-0.05, 0) is 38.3 Å². The Morgan fingerprint density at radius 1 is 1.31 bits per heavy atom. The number of H-pyrrole nitrogens is 1. The lowest BCUT2D eigenvalue weighted by atomic mass is 9.78. The van der Waals surface area contributed by atoms with Gasteiger partial charge in [-0.2, -0.15) is 13.2 Å². The van der Waals surface area contributed by atoms with Gasteiger partial charge in [0, 0.05) is 31.2 Å². The van der Waals surface area contributed by atoms with Crippen LogP contribution in [0, 0.1) is 12.3 Å². The van der Waals surface area contributed by atoms with E-state index in [4.69, 9.17) is 9.90 Å². The predicted molar refractivity (Wildman–Crippen MR) is 109 cm³/mol. The van der Waals surface area contributed by atoms with E-state index in [-0.39, 0.29) is 11.8 Å². The summed E-state index contributed by atoms with van der Waals surface area (Å²) >= 11 is 1.61. The number of hydrogen-bond donors (Lipinski definition) is 2. The van der Waals surface area contributed by atoms with E-state index < -0.39 is 17.6 Å². The molecule has 8 nitrogen and oxygen atoms in total. The number of carboxylic acid groups (broad SMARTS) is 1. The van der Waals surface area contributed by atoms with Crippen LogP contribution in [-0.2, 0) is 16.1 Å². The summed E-state index contributed by atoms with van der Waals surface area (Å²) in [6.45, 7) is 4.55. The zero-order chi connectivity index (χ0) is 23.5. The molecule has 0 aromatic carbocycles. The minimum absolute atomic E-state index is 0.00884. The molecule has 2 amide bonds. The van der Waals surface area contributed by atoms with Crippen molar-refractivity contribution >= 4 is 29.1 Å². The summed E-state index contributed by atoms with van der Waals surface area (Å²) in [5.41, 5.74) is 1.14. The number of carbonyl (C=O) groups is 3. The topological polar surface area (TPSA) is 107 Å². The third-order valence-electron chi connectivity index (χ3n) is 5.56. The number of aromatic amines is 1. The van der Waals surface area contributed by atoms with Gasteiger partial charge in [0.15, 0.2) is 0 Å². The van der Waals surface area contributed by atoms with Crippen LogP contribution in [0.25, 0.3) is 0 Å². The minimum atomic E-state index is -5.08. The fourth-order valence-corrected chi connectivity index (χ4v) is 4.64. The molecule has 2 fully saturated rings. The van der Waals surface area contributed by atoms with Crippen LogP contribution >= 0.6 is 11.3 Å². The monoisotopic (exact) mass is 472 g/mol. The van der Waals surface area contributed by atoms with Gasteiger partial charge in [0.1, 0.15) is 5.69 Å². The van der Waals surface area contributed by atoms with Crippen molar-refractivity contribution in [3.05, 3.63) is 40.1 Å². The van der Waals surface area contributed by atoms with E-state index >= 15 is 0 Å². The summed E-state index contributed by atoms with van der Waals surface area (Å²) in [6, 6.07) is 3.61. The number of piperidine rings is 1. The lowest BCUT2D eigenvalue weighted by molar-refractivity contribution is -0.192. The van der Waals surface area contributed by atoms with Crippen molar-refractivity contribution in [2.24, 2.45) is 5.41 Å². The maximum absolute atomic E-state index is 13.1. The molecule has 0 radical (unpaired) electrons. The van der Waals surface area contributed by atoms with Crippen LogP contribution in [0.15, 0.2) is 23.7 Å². The lowest BCUT2D eigenvalue weighted by Gasteiger charge is -2.38. The Hall–Kier alpha value is -2.89. The Kier molecular flexibility index (Phi) is 6.91. The van der Waals surface area contributed by atoms with E-state index in [2.05, 4.69) is 9.97 Å². The van der Waals surface area contributed by atoms with Crippen molar-refractivity contribution in [1.82, 2.24) is 19.8 Å². The highest BCUT2D eigenvalue weighted by atomic mass is 32.1. The number of alkyl halides is 3. The molecule has 2 aromatic rings. The second-order valence-corrected chi connectivity index (χ2v) is 8.89. The second kappa shape index (κ2) is 9.31. The van der Waals surface area contributed by atoms with Crippen LogP contribution < -0.4 is 0 Å². The zero-order valence-electron chi connectivity index (χ0n) is 17.3. The molecule has 0 aliphatic carbocycles. The number of nitrogens with zero attached hydrogens (tertiary/aromatic N) is 3. The molecular formula is C20H23F3N4O4S. The normalized spacial score (nSPS) is 20.9. The van der Waals surface area contributed by atoms with Crippen molar-refractivity contribution in [3.63, 3.8) is 0 Å². The molecule has 2 N–H and O–H groups in total. The Balaban J connectivity index is 0.000000360. The van der Waals surface area contributed by atoms with Gasteiger partial charge >= 0.3 is 12.1 Å². The predicted octanol–water partition coefficient (Wildman–Crippen LogP) is 3.07. The number of rotatable bonds is 3. The van der Waals surface area contributed by atoms with Crippen molar-refractivity contribution in [2.75, 3.05) is 19.6 Å². The molecule has 2 saturated heterocycles. The lowest BCUT2D eigenvalue weighted by Crippen LogP contribution is -2.49. The molecule has 1 spiro atoms. The van der Waals surface area contributed by atoms with Crippen LogP contribution in [-0.4, -0.2) is 68.5 Å². The molecule has 0 bridgehead atoms. The third kappa shape index (κ3) is 5.29. The Morgan fingerprint density at radius 3 is 2.59 bits per heavy atom. The first kappa shape index (κ1) is 23.8. The summed E-state index contributed by atoms with van der Waals surface area (Å²) in [5.74, 6) is -2.58. The molecule has 2 aliphatic heterocycles. The summed E-state index contributed by atoms with van der Waals surface area (Å²) < 4.78 is 31.7. The number of halogens is 3. The van der Waals surface area contributed by atoms with E-state index in [9.17, 15) is 22.8 Å². The number of likely N-dealkylation sites (tertiary alicyclic amines) is 2. The third-order valence-corrected chi connectivity index (χ3v) is 6.38. The van der Waals surface area contributed by atoms with Crippen molar-refractivity contribution in [3.8, 4) is 0 Å². The fourth-order valence-electron chi connectivity index (χ4n) is 4.04. The van der Waals surface area contributed by atoms with Crippen LogP contribution in [0.3, 0.4) is 0 Å². The van der Waals surface area contributed by atoms with Crippen LogP contribution in [0.2, 0.25) is 0 Å². The van der Waals surface area contributed by atoms with Gasteiger partial charge in [-0.15, -0.1) is 11.3 Å². The SMILES string of the molecule is Cc1nc(CN2CCC3(CCCN(C(=O)c4ccc[nH]4)C3)C2=O)cs1.O=C(O)C(F)(F)F. The van der Waals surface area contributed by atoms with E-state index in [0.29, 0.717) is 18.8 Å². The van der Waals surface area contributed by atoms with E-state index in [1.807, 2.05) is 28.2 Å². The maximum atomic E-state index is 13.1. The van der Waals surface area contributed by atoms with Crippen LogP contribution in [0.1, 0.15) is 40.5 Å². The minimum Gasteiger partial charge on any atom is -0.475 e. The van der Waals surface area contributed by atoms with Crippen molar-refractivity contribution in [1.29, 1.82) is 0 Å². The zero-order valence-corrected chi connectivity index (χ0v) is 18.1.